The van der Waals surface area contributed by atoms with Gasteiger partial charge in [0.1, 0.15) is 5.75 Å². The summed E-state index contributed by atoms with van der Waals surface area (Å²) in [5.74, 6) is 1.11. The zero-order chi connectivity index (χ0) is 23.8. The van der Waals surface area contributed by atoms with E-state index in [1.807, 2.05) is 47.4 Å². The third-order valence-electron chi connectivity index (χ3n) is 6.96. The van der Waals surface area contributed by atoms with Crippen molar-refractivity contribution in [2.75, 3.05) is 64.8 Å². The summed E-state index contributed by atoms with van der Waals surface area (Å²) in [6.45, 7) is 6.66. The zero-order valence-electron chi connectivity index (χ0n) is 20.1. The molecule has 2 saturated heterocycles. The highest BCUT2D eigenvalue weighted by Gasteiger charge is 2.28. The van der Waals surface area contributed by atoms with Crippen LogP contribution in [0.1, 0.15) is 18.4 Å². The molecular formula is C27H36N4O3. The zero-order valence-corrected chi connectivity index (χ0v) is 20.1. The van der Waals surface area contributed by atoms with E-state index >= 15 is 0 Å². The van der Waals surface area contributed by atoms with Crippen molar-refractivity contribution < 1.29 is 14.3 Å². The summed E-state index contributed by atoms with van der Waals surface area (Å²) in [4.78, 5) is 32.0. The number of carbonyl (C=O) groups excluding carboxylic acids is 2. The Balaban J connectivity index is 1.13. The van der Waals surface area contributed by atoms with Gasteiger partial charge in [-0.25, -0.2) is 0 Å². The normalized spacial score (nSPS) is 18.0. The fourth-order valence-corrected chi connectivity index (χ4v) is 4.70. The largest absolute Gasteiger partial charge is 0.497 e. The number of likely N-dealkylation sites (tertiary alicyclic amines) is 1. The number of carbonyl (C=O) groups is 2. The predicted octanol–water partition coefficient (Wildman–Crippen LogP) is 2.73. The van der Waals surface area contributed by atoms with Crippen LogP contribution in [-0.4, -0.2) is 86.0 Å². The Morgan fingerprint density at radius 3 is 2.18 bits per heavy atom. The van der Waals surface area contributed by atoms with Gasteiger partial charge in [-0.2, -0.15) is 0 Å². The maximum absolute atomic E-state index is 12.8. The lowest BCUT2D eigenvalue weighted by Crippen LogP contribution is -2.51. The van der Waals surface area contributed by atoms with Crippen LogP contribution < -0.4 is 10.1 Å². The Morgan fingerprint density at radius 1 is 0.882 bits per heavy atom. The molecule has 0 spiro atoms. The van der Waals surface area contributed by atoms with Crippen molar-refractivity contribution in [1.29, 1.82) is 0 Å². The van der Waals surface area contributed by atoms with Gasteiger partial charge in [-0.1, -0.05) is 30.3 Å². The molecule has 0 saturated carbocycles. The first-order valence-corrected chi connectivity index (χ1v) is 12.3. The molecule has 4 rings (SSSR count). The van der Waals surface area contributed by atoms with Crippen LogP contribution in [0.4, 0.5) is 5.69 Å². The molecule has 182 valence electrons. The van der Waals surface area contributed by atoms with Gasteiger partial charge in [0.25, 0.3) is 0 Å². The molecule has 2 aliphatic heterocycles. The average molecular weight is 465 g/mol. The number of amides is 2. The fourth-order valence-electron chi connectivity index (χ4n) is 4.70. The molecule has 2 fully saturated rings. The van der Waals surface area contributed by atoms with Gasteiger partial charge < -0.3 is 19.9 Å². The Bertz CT molecular complexity index is 919. The molecule has 0 aromatic heterocycles. The van der Waals surface area contributed by atoms with Crippen LogP contribution in [0.25, 0.3) is 0 Å². The second-order valence-electron chi connectivity index (χ2n) is 9.23. The first-order chi connectivity index (χ1) is 16.6. The molecule has 2 aromatic rings. The predicted molar refractivity (Wildman–Crippen MR) is 134 cm³/mol. The van der Waals surface area contributed by atoms with E-state index in [9.17, 15) is 9.59 Å². The van der Waals surface area contributed by atoms with E-state index in [-0.39, 0.29) is 17.7 Å². The fraction of sp³-hybridized carbons (Fsp3) is 0.481. The van der Waals surface area contributed by atoms with E-state index in [0.29, 0.717) is 19.6 Å². The SMILES string of the molecule is COc1ccc(CCN2CCN(CC(=O)N3CCC(C(=O)Nc4ccccc4)CC3)CC2)cc1. The molecule has 0 bridgehead atoms. The average Bonchev–Trinajstić information content (AvgIpc) is 2.89. The Hall–Kier alpha value is -2.90. The molecule has 0 atom stereocenters. The van der Waals surface area contributed by atoms with Crippen LogP contribution in [0.15, 0.2) is 54.6 Å². The van der Waals surface area contributed by atoms with Gasteiger partial charge in [0.05, 0.1) is 13.7 Å². The van der Waals surface area contributed by atoms with E-state index in [4.69, 9.17) is 4.74 Å². The van der Waals surface area contributed by atoms with Gasteiger partial charge >= 0.3 is 0 Å². The van der Waals surface area contributed by atoms with Gasteiger partial charge in [0.15, 0.2) is 0 Å². The van der Waals surface area contributed by atoms with E-state index in [1.165, 1.54) is 5.56 Å². The molecule has 0 radical (unpaired) electrons. The number of benzene rings is 2. The minimum atomic E-state index is -0.0292. The Morgan fingerprint density at radius 2 is 1.53 bits per heavy atom. The quantitative estimate of drug-likeness (QED) is 0.651. The van der Waals surface area contributed by atoms with Gasteiger partial charge in [-0.05, 0) is 49.1 Å². The topological polar surface area (TPSA) is 65.1 Å². The van der Waals surface area contributed by atoms with E-state index in [0.717, 1.165) is 63.4 Å². The third-order valence-corrected chi connectivity index (χ3v) is 6.96. The van der Waals surface area contributed by atoms with Crippen molar-refractivity contribution >= 4 is 17.5 Å². The van der Waals surface area contributed by atoms with Crippen molar-refractivity contribution in [3.05, 3.63) is 60.2 Å². The highest BCUT2D eigenvalue weighted by molar-refractivity contribution is 5.92. The number of anilines is 1. The van der Waals surface area contributed by atoms with Gasteiger partial charge in [-0.15, -0.1) is 0 Å². The first kappa shape index (κ1) is 24.2. The van der Waals surface area contributed by atoms with Crippen molar-refractivity contribution in [2.45, 2.75) is 19.3 Å². The highest BCUT2D eigenvalue weighted by atomic mass is 16.5. The standard InChI is InChI=1S/C27H36N4O3/c1-34-25-9-7-22(8-10-25)11-14-29-17-19-30(20-18-29)21-26(32)31-15-12-23(13-16-31)27(33)28-24-5-3-2-4-6-24/h2-10,23H,11-21H2,1H3,(H,28,33). The molecule has 1 N–H and O–H groups in total. The second kappa shape index (κ2) is 12.0. The van der Waals surface area contributed by atoms with E-state index in [2.05, 4.69) is 27.2 Å². The Labute approximate surface area is 202 Å². The summed E-state index contributed by atoms with van der Waals surface area (Å²) < 4.78 is 5.22. The molecular weight excluding hydrogens is 428 g/mol. The lowest BCUT2D eigenvalue weighted by molar-refractivity contribution is -0.136. The number of para-hydroxylation sites is 1. The van der Waals surface area contributed by atoms with Gasteiger partial charge in [0.2, 0.25) is 11.8 Å². The number of methoxy groups -OCH3 is 1. The van der Waals surface area contributed by atoms with Crippen LogP contribution >= 0.6 is 0 Å². The molecule has 2 aromatic carbocycles. The van der Waals surface area contributed by atoms with Gasteiger partial charge in [0, 0.05) is 57.4 Å². The molecule has 0 unspecified atom stereocenters. The minimum Gasteiger partial charge on any atom is -0.497 e. The van der Waals surface area contributed by atoms with Crippen LogP contribution in [0.3, 0.4) is 0 Å². The highest BCUT2D eigenvalue weighted by Crippen LogP contribution is 2.20. The van der Waals surface area contributed by atoms with Crippen molar-refractivity contribution in [2.24, 2.45) is 5.92 Å². The number of nitrogens with one attached hydrogen (secondary N) is 1. The summed E-state index contributed by atoms with van der Waals surface area (Å²) in [6.07, 6.45) is 2.48. The summed E-state index contributed by atoms with van der Waals surface area (Å²) >= 11 is 0. The number of hydrogen-bond acceptors (Lipinski definition) is 5. The number of ether oxygens (including phenoxy) is 1. The Kier molecular flexibility index (Phi) is 8.55. The summed E-state index contributed by atoms with van der Waals surface area (Å²) in [6, 6.07) is 17.8. The molecule has 2 heterocycles. The maximum Gasteiger partial charge on any atom is 0.236 e. The molecule has 0 aliphatic carbocycles. The summed E-state index contributed by atoms with van der Waals surface area (Å²) in [7, 11) is 1.69. The molecule has 7 heteroatoms. The number of nitrogens with zero attached hydrogens (tertiary/aromatic N) is 3. The smallest absolute Gasteiger partial charge is 0.236 e. The third kappa shape index (κ3) is 6.81. The molecule has 34 heavy (non-hydrogen) atoms. The number of rotatable bonds is 8. The second-order valence-corrected chi connectivity index (χ2v) is 9.23. The van der Waals surface area contributed by atoms with Crippen LogP contribution in [0, 0.1) is 5.92 Å². The van der Waals surface area contributed by atoms with Gasteiger partial charge in [-0.3, -0.25) is 14.5 Å². The molecule has 7 nitrogen and oxygen atoms in total. The number of piperidine rings is 1. The van der Waals surface area contributed by atoms with E-state index in [1.54, 1.807) is 7.11 Å². The van der Waals surface area contributed by atoms with E-state index < -0.39 is 0 Å². The number of hydrogen-bond donors (Lipinski definition) is 1. The molecule has 2 aliphatic rings. The number of piperazine rings is 1. The minimum absolute atomic E-state index is 0.0292. The van der Waals surface area contributed by atoms with Crippen LogP contribution in [-0.2, 0) is 16.0 Å². The lowest BCUT2D eigenvalue weighted by Gasteiger charge is -2.37. The van der Waals surface area contributed by atoms with Crippen molar-refractivity contribution in [1.82, 2.24) is 14.7 Å². The first-order valence-electron chi connectivity index (χ1n) is 12.3. The van der Waals surface area contributed by atoms with Crippen LogP contribution in [0.5, 0.6) is 5.75 Å². The van der Waals surface area contributed by atoms with Crippen LogP contribution in [0.2, 0.25) is 0 Å². The van der Waals surface area contributed by atoms with Crippen molar-refractivity contribution in [3.63, 3.8) is 0 Å². The molecule has 2 amide bonds. The monoisotopic (exact) mass is 464 g/mol. The summed E-state index contributed by atoms with van der Waals surface area (Å²) in [5.41, 5.74) is 2.15. The summed E-state index contributed by atoms with van der Waals surface area (Å²) in [5, 5.41) is 2.99. The lowest BCUT2D eigenvalue weighted by atomic mass is 9.95. The maximum atomic E-state index is 12.8. The van der Waals surface area contributed by atoms with Crippen molar-refractivity contribution in [3.8, 4) is 5.75 Å².